The number of rotatable bonds is 4. The van der Waals surface area contributed by atoms with Crippen molar-refractivity contribution in [2.75, 3.05) is 11.8 Å². The Morgan fingerprint density at radius 1 is 1.22 bits per heavy atom. The van der Waals surface area contributed by atoms with Crippen LogP contribution in [0.4, 0.5) is 14.5 Å². The number of methoxy groups -OCH3 is 1. The summed E-state index contributed by atoms with van der Waals surface area (Å²) in [6.07, 6.45) is 0. The number of carbonyl (C=O) groups excluding carboxylic acids is 1. The van der Waals surface area contributed by atoms with Crippen molar-refractivity contribution in [3.63, 3.8) is 0 Å². The van der Waals surface area contributed by atoms with Gasteiger partial charge in [0.2, 0.25) is 0 Å². The zero-order valence-corrected chi connectivity index (χ0v) is 14.0. The van der Waals surface area contributed by atoms with Crippen LogP contribution < -0.4 is 4.72 Å². The number of benzene rings is 2. The lowest BCUT2D eigenvalue weighted by Gasteiger charge is -2.11. The van der Waals surface area contributed by atoms with Crippen molar-refractivity contribution in [1.82, 2.24) is 0 Å². The lowest BCUT2D eigenvalue weighted by atomic mass is 10.2. The molecule has 0 fully saturated rings. The summed E-state index contributed by atoms with van der Waals surface area (Å²) in [5, 5.41) is 0. The van der Waals surface area contributed by atoms with Crippen molar-refractivity contribution in [1.29, 1.82) is 0 Å². The van der Waals surface area contributed by atoms with Crippen LogP contribution in [0.5, 0.6) is 0 Å². The zero-order valence-electron chi connectivity index (χ0n) is 11.6. The van der Waals surface area contributed by atoms with Gasteiger partial charge in [-0.1, -0.05) is 6.07 Å². The minimum absolute atomic E-state index is 0.0222. The topological polar surface area (TPSA) is 72.5 Å². The van der Waals surface area contributed by atoms with Crippen LogP contribution in [-0.2, 0) is 14.8 Å². The number of anilines is 1. The highest BCUT2D eigenvalue weighted by molar-refractivity contribution is 9.10. The summed E-state index contributed by atoms with van der Waals surface area (Å²) in [6.45, 7) is 0. The van der Waals surface area contributed by atoms with E-state index < -0.39 is 33.3 Å². The molecule has 0 heterocycles. The number of nitrogens with one attached hydrogen (secondary N) is 1. The molecule has 0 saturated heterocycles. The van der Waals surface area contributed by atoms with E-state index in [1.807, 2.05) is 4.72 Å². The molecule has 0 atom stereocenters. The third kappa shape index (κ3) is 3.85. The van der Waals surface area contributed by atoms with Crippen LogP contribution in [0, 0.1) is 11.6 Å². The smallest absolute Gasteiger partial charge is 0.337 e. The predicted molar refractivity (Wildman–Crippen MR) is 82.6 cm³/mol. The molecule has 122 valence electrons. The van der Waals surface area contributed by atoms with Gasteiger partial charge in [0.05, 0.1) is 23.3 Å². The Bertz CT molecular complexity index is 848. The number of carbonyl (C=O) groups is 1. The zero-order chi connectivity index (χ0) is 17.2. The fourth-order valence-corrected chi connectivity index (χ4v) is 3.51. The van der Waals surface area contributed by atoms with Crippen LogP contribution in [0.3, 0.4) is 0 Å². The molecule has 0 amide bonds. The maximum atomic E-state index is 13.7. The lowest BCUT2D eigenvalue weighted by Crippen LogP contribution is -2.15. The molecule has 0 unspecified atom stereocenters. The highest BCUT2D eigenvalue weighted by atomic mass is 79.9. The molecule has 9 heteroatoms. The van der Waals surface area contributed by atoms with E-state index in [0.717, 1.165) is 19.2 Å². The van der Waals surface area contributed by atoms with E-state index >= 15 is 0 Å². The van der Waals surface area contributed by atoms with Crippen molar-refractivity contribution in [3.8, 4) is 0 Å². The largest absolute Gasteiger partial charge is 0.465 e. The first-order chi connectivity index (χ1) is 10.7. The lowest BCUT2D eigenvalue weighted by molar-refractivity contribution is 0.0600. The van der Waals surface area contributed by atoms with Gasteiger partial charge in [0.15, 0.2) is 5.82 Å². The van der Waals surface area contributed by atoms with Gasteiger partial charge in [-0.3, -0.25) is 4.72 Å². The van der Waals surface area contributed by atoms with Crippen LogP contribution >= 0.6 is 15.9 Å². The summed E-state index contributed by atoms with van der Waals surface area (Å²) in [5.74, 6) is -2.65. The molecule has 0 aromatic heterocycles. The first-order valence-electron chi connectivity index (χ1n) is 6.10. The third-order valence-electron chi connectivity index (χ3n) is 2.81. The van der Waals surface area contributed by atoms with Gasteiger partial charge in [0, 0.05) is 10.5 Å². The van der Waals surface area contributed by atoms with E-state index in [1.54, 1.807) is 0 Å². The van der Waals surface area contributed by atoms with Crippen LogP contribution in [-0.4, -0.2) is 21.5 Å². The normalized spacial score (nSPS) is 11.1. The Balaban J connectivity index is 2.42. The van der Waals surface area contributed by atoms with Crippen molar-refractivity contribution < 1.29 is 26.7 Å². The fourth-order valence-electron chi connectivity index (χ4n) is 1.74. The van der Waals surface area contributed by atoms with Gasteiger partial charge in [-0.25, -0.2) is 22.0 Å². The van der Waals surface area contributed by atoms with Gasteiger partial charge >= 0.3 is 5.97 Å². The van der Waals surface area contributed by atoms with E-state index in [1.165, 1.54) is 18.2 Å². The molecule has 0 spiro atoms. The minimum atomic E-state index is -4.19. The van der Waals surface area contributed by atoms with Crippen molar-refractivity contribution in [2.24, 2.45) is 0 Å². The van der Waals surface area contributed by atoms with Gasteiger partial charge < -0.3 is 4.74 Å². The molecule has 23 heavy (non-hydrogen) atoms. The second-order valence-corrected chi connectivity index (χ2v) is 6.91. The fraction of sp³-hybridized carbons (Fsp3) is 0.0714. The molecular formula is C14H10BrF2NO4S. The quantitative estimate of drug-likeness (QED) is 0.791. The Morgan fingerprint density at radius 3 is 2.52 bits per heavy atom. The van der Waals surface area contributed by atoms with Gasteiger partial charge in [-0.2, -0.15) is 0 Å². The van der Waals surface area contributed by atoms with Gasteiger partial charge in [-0.15, -0.1) is 0 Å². The summed E-state index contributed by atoms with van der Waals surface area (Å²) >= 11 is 2.89. The molecule has 2 aromatic rings. The number of ether oxygens (including phenoxy) is 1. The molecule has 2 rings (SSSR count). The summed E-state index contributed by atoms with van der Waals surface area (Å²) in [5.41, 5.74) is -0.413. The molecule has 2 aromatic carbocycles. The van der Waals surface area contributed by atoms with Crippen LogP contribution in [0.1, 0.15) is 10.4 Å². The molecular weight excluding hydrogens is 396 g/mol. The highest BCUT2D eigenvalue weighted by Gasteiger charge is 2.20. The van der Waals surface area contributed by atoms with E-state index in [4.69, 9.17) is 0 Å². The second kappa shape index (κ2) is 6.63. The summed E-state index contributed by atoms with van der Waals surface area (Å²) in [7, 11) is -3.03. The summed E-state index contributed by atoms with van der Waals surface area (Å²) < 4.78 is 57.8. The average Bonchev–Trinajstić information content (AvgIpc) is 2.50. The number of halogens is 3. The highest BCUT2D eigenvalue weighted by Crippen LogP contribution is 2.29. The van der Waals surface area contributed by atoms with Crippen molar-refractivity contribution >= 4 is 37.6 Å². The number of esters is 1. The van der Waals surface area contributed by atoms with E-state index in [9.17, 15) is 22.0 Å². The molecule has 0 saturated carbocycles. The second-order valence-electron chi connectivity index (χ2n) is 4.37. The number of sulfonamides is 1. The van der Waals surface area contributed by atoms with Gasteiger partial charge in [-0.05, 0) is 40.2 Å². The molecule has 0 aliphatic carbocycles. The Morgan fingerprint density at radius 2 is 1.91 bits per heavy atom. The first-order valence-corrected chi connectivity index (χ1v) is 8.38. The molecule has 0 aliphatic rings. The number of hydrogen-bond donors (Lipinski definition) is 1. The Kier molecular flexibility index (Phi) is 5.00. The predicted octanol–water partition coefficient (Wildman–Crippen LogP) is 3.31. The molecule has 0 radical (unpaired) electrons. The van der Waals surface area contributed by atoms with E-state index in [2.05, 4.69) is 20.7 Å². The third-order valence-corrected chi connectivity index (χ3v) is 4.78. The molecule has 0 aliphatic heterocycles. The Hall–Kier alpha value is -2.00. The monoisotopic (exact) mass is 405 g/mol. The van der Waals surface area contributed by atoms with E-state index in [-0.39, 0.29) is 14.9 Å². The maximum Gasteiger partial charge on any atom is 0.337 e. The van der Waals surface area contributed by atoms with Gasteiger partial charge in [0.1, 0.15) is 5.82 Å². The van der Waals surface area contributed by atoms with Crippen LogP contribution in [0.15, 0.2) is 45.8 Å². The summed E-state index contributed by atoms with van der Waals surface area (Å²) in [4.78, 5) is 11.2. The Labute approximate surface area is 139 Å². The van der Waals surface area contributed by atoms with Crippen molar-refractivity contribution in [2.45, 2.75) is 4.90 Å². The van der Waals surface area contributed by atoms with Crippen molar-refractivity contribution in [3.05, 3.63) is 58.1 Å². The van der Waals surface area contributed by atoms with Crippen LogP contribution in [0.25, 0.3) is 0 Å². The molecule has 0 bridgehead atoms. The summed E-state index contributed by atoms with van der Waals surface area (Å²) in [6, 6.07) is 6.50. The van der Waals surface area contributed by atoms with Gasteiger partial charge in [0.25, 0.3) is 10.0 Å². The first kappa shape index (κ1) is 17.4. The van der Waals surface area contributed by atoms with E-state index in [0.29, 0.717) is 6.07 Å². The minimum Gasteiger partial charge on any atom is -0.465 e. The number of hydrogen-bond acceptors (Lipinski definition) is 4. The molecule has 1 N–H and O–H groups in total. The molecule has 5 nitrogen and oxygen atoms in total. The average molecular weight is 406 g/mol. The van der Waals surface area contributed by atoms with Crippen LogP contribution in [0.2, 0.25) is 0 Å². The SMILES string of the molecule is COC(=O)c1cccc(S(=O)(=O)Nc2c(F)cc(F)cc2Br)c1. The standard InChI is InChI=1S/C14H10BrF2NO4S/c1-22-14(19)8-3-2-4-10(5-8)23(20,21)18-13-11(15)6-9(16)7-12(13)17/h2-7,18H,1H3. The maximum absolute atomic E-state index is 13.7.